The Hall–Kier alpha value is -1.43. The first-order chi connectivity index (χ1) is 9.09. The predicted octanol–water partition coefficient (Wildman–Crippen LogP) is 0.486. The average molecular weight is 266 g/mol. The molecule has 0 aromatic heterocycles. The Kier molecular flexibility index (Phi) is 4.52. The molecule has 104 valence electrons. The highest BCUT2D eigenvalue weighted by molar-refractivity contribution is 5.75. The van der Waals surface area contributed by atoms with Crippen LogP contribution in [0.4, 0.5) is 0 Å². The number of hydrogen-bond acceptors (Lipinski definition) is 5. The van der Waals surface area contributed by atoms with Crippen LogP contribution in [0, 0.1) is 5.92 Å². The maximum absolute atomic E-state index is 11.3. The van der Waals surface area contributed by atoms with Gasteiger partial charge in [-0.05, 0) is 12.5 Å². The third-order valence-electron chi connectivity index (χ3n) is 3.25. The molecular formula is C14H18O5. The lowest BCUT2D eigenvalue weighted by molar-refractivity contribution is -0.150. The number of aliphatic hydroxyl groups excluding tert-OH is 2. The second kappa shape index (κ2) is 6.14. The van der Waals surface area contributed by atoms with Crippen LogP contribution in [0.1, 0.15) is 12.5 Å². The zero-order valence-electron chi connectivity index (χ0n) is 10.7. The Morgan fingerprint density at radius 2 is 2.05 bits per heavy atom. The van der Waals surface area contributed by atoms with Crippen LogP contribution >= 0.6 is 0 Å². The van der Waals surface area contributed by atoms with Gasteiger partial charge in [-0.25, -0.2) is 0 Å². The first-order valence-corrected chi connectivity index (χ1v) is 6.28. The number of hydrogen-bond donors (Lipinski definition) is 2. The van der Waals surface area contributed by atoms with E-state index in [-0.39, 0.29) is 6.61 Å². The van der Waals surface area contributed by atoms with Crippen molar-refractivity contribution < 1.29 is 24.5 Å². The van der Waals surface area contributed by atoms with Crippen molar-refractivity contribution in [3.8, 4) is 0 Å². The Labute approximate surface area is 111 Å². The van der Waals surface area contributed by atoms with Crippen LogP contribution in [0.25, 0.3) is 0 Å². The van der Waals surface area contributed by atoms with Gasteiger partial charge in [0.05, 0.1) is 19.1 Å². The number of carbonyl (C=O) groups is 1. The summed E-state index contributed by atoms with van der Waals surface area (Å²) in [6.07, 6.45) is -2.91. The third kappa shape index (κ3) is 3.32. The molecule has 5 heteroatoms. The van der Waals surface area contributed by atoms with Gasteiger partial charge in [0.25, 0.3) is 0 Å². The van der Waals surface area contributed by atoms with Gasteiger partial charge in [-0.2, -0.15) is 0 Å². The van der Waals surface area contributed by atoms with Crippen LogP contribution in [0.2, 0.25) is 0 Å². The molecule has 2 rings (SSSR count). The Morgan fingerprint density at radius 3 is 2.63 bits per heavy atom. The normalized spacial score (nSPS) is 28.2. The van der Waals surface area contributed by atoms with Crippen LogP contribution in [0.15, 0.2) is 30.3 Å². The lowest BCUT2D eigenvalue weighted by Crippen LogP contribution is -2.39. The Morgan fingerprint density at radius 1 is 1.37 bits per heavy atom. The van der Waals surface area contributed by atoms with E-state index in [1.54, 1.807) is 6.92 Å². The van der Waals surface area contributed by atoms with Crippen molar-refractivity contribution in [2.24, 2.45) is 5.92 Å². The second-order valence-corrected chi connectivity index (χ2v) is 4.75. The van der Waals surface area contributed by atoms with E-state index in [0.29, 0.717) is 6.61 Å². The van der Waals surface area contributed by atoms with E-state index < -0.39 is 30.2 Å². The number of esters is 1. The van der Waals surface area contributed by atoms with E-state index in [9.17, 15) is 15.0 Å². The van der Waals surface area contributed by atoms with Gasteiger partial charge in [0.1, 0.15) is 12.2 Å². The van der Waals surface area contributed by atoms with Crippen molar-refractivity contribution in [1.29, 1.82) is 0 Å². The maximum atomic E-state index is 11.3. The molecule has 0 radical (unpaired) electrons. The van der Waals surface area contributed by atoms with Gasteiger partial charge in [-0.3, -0.25) is 4.79 Å². The highest BCUT2D eigenvalue weighted by Gasteiger charge is 2.44. The summed E-state index contributed by atoms with van der Waals surface area (Å²) in [6, 6.07) is 9.55. The molecule has 4 atom stereocenters. The lowest BCUT2D eigenvalue weighted by Gasteiger charge is -2.20. The molecule has 0 aliphatic carbocycles. The average Bonchev–Trinajstić information content (AvgIpc) is 2.68. The topological polar surface area (TPSA) is 76.0 Å². The summed E-state index contributed by atoms with van der Waals surface area (Å²) in [5.41, 5.74) is 0.993. The molecule has 1 aromatic carbocycles. The maximum Gasteiger partial charge on any atom is 0.311 e. The highest BCUT2D eigenvalue weighted by Crippen LogP contribution is 2.24. The van der Waals surface area contributed by atoms with Crippen molar-refractivity contribution in [3.63, 3.8) is 0 Å². The van der Waals surface area contributed by atoms with E-state index >= 15 is 0 Å². The molecule has 0 bridgehead atoms. The number of rotatable bonds is 5. The van der Waals surface area contributed by atoms with Crippen molar-refractivity contribution in [1.82, 2.24) is 0 Å². The fourth-order valence-electron chi connectivity index (χ4n) is 2.01. The number of carbonyl (C=O) groups excluding carboxylic acids is 1. The van der Waals surface area contributed by atoms with Crippen LogP contribution in [-0.2, 0) is 20.9 Å². The fraction of sp³-hybridized carbons (Fsp3) is 0.500. The van der Waals surface area contributed by atoms with Gasteiger partial charge in [0.15, 0.2) is 6.10 Å². The van der Waals surface area contributed by atoms with Crippen molar-refractivity contribution in [2.75, 3.05) is 6.61 Å². The molecule has 1 saturated heterocycles. The Bertz CT molecular complexity index is 419. The quantitative estimate of drug-likeness (QED) is 0.758. The molecule has 0 saturated carbocycles. The highest BCUT2D eigenvalue weighted by atomic mass is 16.6. The Balaban J connectivity index is 1.79. The van der Waals surface area contributed by atoms with Crippen LogP contribution in [0.3, 0.4) is 0 Å². The minimum atomic E-state index is -1.02. The SMILES string of the molecule is C[C@@H]1C(=O)O[C@H]([C@@H](O)COCc2ccccc2)[C@H]1O. The monoisotopic (exact) mass is 266 g/mol. The molecule has 2 N–H and O–H groups in total. The molecule has 19 heavy (non-hydrogen) atoms. The molecule has 0 unspecified atom stereocenters. The predicted molar refractivity (Wildman–Crippen MR) is 67.2 cm³/mol. The van der Waals surface area contributed by atoms with E-state index in [0.717, 1.165) is 5.56 Å². The zero-order chi connectivity index (χ0) is 13.8. The van der Waals surface area contributed by atoms with Crippen molar-refractivity contribution in [2.45, 2.75) is 31.8 Å². The lowest BCUT2D eigenvalue weighted by atomic mass is 10.0. The number of benzene rings is 1. The number of aliphatic hydroxyl groups is 2. The first kappa shape index (κ1) is 14.0. The standard InChI is InChI=1S/C14H18O5/c1-9-12(16)13(19-14(9)17)11(15)8-18-7-10-5-3-2-4-6-10/h2-6,9,11-13,15-16H,7-8H2,1H3/t9-,11-,12-,13+/m0/s1. The first-order valence-electron chi connectivity index (χ1n) is 6.28. The molecule has 1 aromatic rings. The molecule has 1 fully saturated rings. The summed E-state index contributed by atoms with van der Waals surface area (Å²) in [5.74, 6) is -1.09. The van der Waals surface area contributed by atoms with Gasteiger partial charge in [-0.1, -0.05) is 30.3 Å². The minimum Gasteiger partial charge on any atom is -0.456 e. The van der Waals surface area contributed by atoms with Crippen LogP contribution in [0.5, 0.6) is 0 Å². The van der Waals surface area contributed by atoms with Crippen LogP contribution < -0.4 is 0 Å². The summed E-state index contributed by atoms with van der Waals surface area (Å²) in [5, 5.41) is 19.6. The zero-order valence-corrected chi connectivity index (χ0v) is 10.7. The molecular weight excluding hydrogens is 248 g/mol. The summed E-state index contributed by atoms with van der Waals surface area (Å²) >= 11 is 0. The van der Waals surface area contributed by atoms with E-state index in [2.05, 4.69) is 0 Å². The number of ether oxygens (including phenoxy) is 2. The van der Waals surface area contributed by atoms with E-state index in [1.807, 2.05) is 30.3 Å². The van der Waals surface area contributed by atoms with E-state index in [1.165, 1.54) is 0 Å². The van der Waals surface area contributed by atoms with Gasteiger partial charge in [0, 0.05) is 0 Å². The summed E-state index contributed by atoms with van der Waals surface area (Å²) in [6.45, 7) is 1.95. The molecule has 1 aliphatic heterocycles. The molecule has 1 heterocycles. The summed E-state index contributed by atoms with van der Waals surface area (Å²) in [7, 11) is 0. The van der Waals surface area contributed by atoms with Gasteiger partial charge in [-0.15, -0.1) is 0 Å². The van der Waals surface area contributed by atoms with Crippen LogP contribution in [-0.4, -0.2) is 41.1 Å². The van der Waals surface area contributed by atoms with Gasteiger partial charge >= 0.3 is 5.97 Å². The summed E-state index contributed by atoms with van der Waals surface area (Å²) < 4.78 is 10.3. The molecule has 0 spiro atoms. The smallest absolute Gasteiger partial charge is 0.311 e. The number of cyclic esters (lactones) is 1. The van der Waals surface area contributed by atoms with Crippen molar-refractivity contribution in [3.05, 3.63) is 35.9 Å². The van der Waals surface area contributed by atoms with Gasteiger partial charge < -0.3 is 19.7 Å². The summed E-state index contributed by atoms with van der Waals surface area (Å²) in [4.78, 5) is 11.3. The van der Waals surface area contributed by atoms with E-state index in [4.69, 9.17) is 9.47 Å². The van der Waals surface area contributed by atoms with Gasteiger partial charge in [0.2, 0.25) is 0 Å². The second-order valence-electron chi connectivity index (χ2n) is 4.75. The van der Waals surface area contributed by atoms with Crippen molar-refractivity contribution >= 4 is 5.97 Å². The minimum absolute atomic E-state index is 0.0105. The molecule has 1 aliphatic rings. The molecule has 5 nitrogen and oxygen atoms in total. The third-order valence-corrected chi connectivity index (χ3v) is 3.25. The largest absolute Gasteiger partial charge is 0.456 e. The molecule has 0 amide bonds. The fourth-order valence-corrected chi connectivity index (χ4v) is 2.01.